The quantitative estimate of drug-likeness (QED) is 0.782. The summed E-state index contributed by atoms with van der Waals surface area (Å²) < 4.78 is 28.5. The number of rotatable bonds is 6. The Balaban J connectivity index is 1.66. The Morgan fingerprint density at radius 1 is 1.38 bits per heavy atom. The van der Waals surface area contributed by atoms with Crippen LogP contribution < -0.4 is 10.0 Å². The van der Waals surface area contributed by atoms with E-state index in [4.69, 9.17) is 0 Å². The molecule has 4 nitrogen and oxygen atoms in total. The van der Waals surface area contributed by atoms with Gasteiger partial charge in [0.25, 0.3) is 0 Å². The van der Waals surface area contributed by atoms with Crippen molar-refractivity contribution in [2.45, 2.75) is 37.1 Å². The molecule has 2 aliphatic carbocycles. The Bertz CT molecular complexity index is 614. The van der Waals surface area contributed by atoms with Gasteiger partial charge in [0.1, 0.15) is 4.90 Å². The molecule has 0 aromatic carbocycles. The van der Waals surface area contributed by atoms with Crippen LogP contribution in [-0.2, 0) is 16.6 Å². The summed E-state index contributed by atoms with van der Waals surface area (Å²) in [5.74, 6) is 2.12. The Morgan fingerprint density at radius 3 is 2.81 bits per heavy atom. The highest BCUT2D eigenvalue weighted by Gasteiger charge is 2.39. The van der Waals surface area contributed by atoms with Crippen LogP contribution >= 0.6 is 27.3 Å². The molecular weight excluding hydrogens is 372 g/mol. The Labute approximate surface area is 138 Å². The second-order valence-corrected chi connectivity index (χ2v) is 10.4. The molecule has 2 N–H and O–H groups in total. The summed E-state index contributed by atoms with van der Waals surface area (Å²) in [4.78, 5) is 1.39. The van der Waals surface area contributed by atoms with Gasteiger partial charge in [0, 0.05) is 18.0 Å². The van der Waals surface area contributed by atoms with E-state index in [1.807, 2.05) is 7.05 Å². The maximum atomic E-state index is 12.5. The average molecular weight is 393 g/mol. The van der Waals surface area contributed by atoms with Crippen LogP contribution in [-0.4, -0.2) is 22.0 Å². The molecule has 1 aromatic heterocycles. The third kappa shape index (κ3) is 3.37. The van der Waals surface area contributed by atoms with Gasteiger partial charge >= 0.3 is 0 Å². The van der Waals surface area contributed by atoms with E-state index in [0.29, 0.717) is 27.7 Å². The zero-order valence-electron chi connectivity index (χ0n) is 12.1. The molecule has 21 heavy (non-hydrogen) atoms. The normalized spacial score (nSPS) is 28.4. The topological polar surface area (TPSA) is 58.2 Å². The second-order valence-electron chi connectivity index (χ2n) is 6.17. The van der Waals surface area contributed by atoms with Gasteiger partial charge in [-0.2, -0.15) is 0 Å². The Kier molecular flexibility index (Phi) is 4.76. The summed E-state index contributed by atoms with van der Waals surface area (Å²) in [6, 6.07) is 1.76. The Morgan fingerprint density at radius 2 is 2.19 bits per heavy atom. The lowest BCUT2D eigenvalue weighted by atomic mass is 9.89. The van der Waals surface area contributed by atoms with Gasteiger partial charge in [-0.3, -0.25) is 0 Å². The standard InChI is InChI=1S/C14H21BrN2O2S2/c1-16-8-12-6-13(14(15)20-12)21(18,19)17-7-11-5-9-2-3-10(11)4-9/h6,9-11,16-17H,2-5,7-8H2,1H3. The summed E-state index contributed by atoms with van der Waals surface area (Å²) in [5, 5.41) is 3.05. The predicted octanol–water partition coefficient (Wildman–Crippen LogP) is 2.94. The van der Waals surface area contributed by atoms with Crippen LogP contribution in [0, 0.1) is 17.8 Å². The number of hydrogen-bond donors (Lipinski definition) is 2. The molecule has 2 saturated carbocycles. The van der Waals surface area contributed by atoms with E-state index >= 15 is 0 Å². The van der Waals surface area contributed by atoms with Crippen molar-refractivity contribution in [1.82, 2.24) is 10.0 Å². The first-order valence-electron chi connectivity index (χ1n) is 7.42. The lowest BCUT2D eigenvalue weighted by molar-refractivity contribution is 0.333. The molecule has 1 aromatic rings. The van der Waals surface area contributed by atoms with Gasteiger partial charge in [0.2, 0.25) is 10.0 Å². The fourth-order valence-corrected chi connectivity index (χ4v) is 7.55. The molecule has 0 aliphatic heterocycles. The van der Waals surface area contributed by atoms with Crippen LogP contribution in [0.2, 0.25) is 0 Å². The molecule has 2 bridgehead atoms. The van der Waals surface area contributed by atoms with E-state index in [1.165, 1.54) is 37.0 Å². The number of sulfonamides is 1. The van der Waals surface area contributed by atoms with Crippen LogP contribution in [0.4, 0.5) is 0 Å². The van der Waals surface area contributed by atoms with E-state index in [9.17, 15) is 8.42 Å². The van der Waals surface area contributed by atoms with E-state index in [-0.39, 0.29) is 0 Å². The molecule has 0 saturated heterocycles. The Hall–Kier alpha value is 0.0500. The molecule has 2 fully saturated rings. The van der Waals surface area contributed by atoms with E-state index < -0.39 is 10.0 Å². The smallest absolute Gasteiger partial charge is 0.242 e. The number of hydrogen-bond acceptors (Lipinski definition) is 4. The second kappa shape index (κ2) is 6.28. The van der Waals surface area contributed by atoms with Crippen LogP contribution in [0.25, 0.3) is 0 Å². The highest BCUT2D eigenvalue weighted by molar-refractivity contribution is 9.11. The molecule has 3 atom stereocenters. The molecule has 1 heterocycles. The molecule has 2 aliphatic rings. The number of nitrogens with one attached hydrogen (secondary N) is 2. The van der Waals surface area contributed by atoms with Gasteiger partial charge in [-0.15, -0.1) is 11.3 Å². The fraction of sp³-hybridized carbons (Fsp3) is 0.714. The lowest BCUT2D eigenvalue weighted by Gasteiger charge is -2.21. The SMILES string of the molecule is CNCc1cc(S(=O)(=O)NCC2CC3CCC2C3)c(Br)s1. The first-order chi connectivity index (χ1) is 9.99. The van der Waals surface area contributed by atoms with Crippen molar-refractivity contribution in [3.63, 3.8) is 0 Å². The molecular formula is C14H21BrN2O2S2. The van der Waals surface area contributed by atoms with E-state index in [0.717, 1.165) is 16.7 Å². The zero-order chi connectivity index (χ0) is 15.0. The van der Waals surface area contributed by atoms with E-state index in [2.05, 4.69) is 26.0 Å². The van der Waals surface area contributed by atoms with Gasteiger partial charge in [-0.1, -0.05) is 6.42 Å². The summed E-state index contributed by atoms with van der Waals surface area (Å²) in [6.45, 7) is 1.28. The molecule has 3 unspecified atom stereocenters. The zero-order valence-corrected chi connectivity index (χ0v) is 15.3. The summed E-state index contributed by atoms with van der Waals surface area (Å²) in [7, 11) is -1.55. The first kappa shape index (κ1) is 15.9. The fourth-order valence-electron chi connectivity index (χ4n) is 3.76. The minimum atomic E-state index is -3.41. The van der Waals surface area contributed by atoms with Crippen molar-refractivity contribution in [1.29, 1.82) is 0 Å². The average Bonchev–Trinajstić information content (AvgIpc) is 3.12. The summed E-state index contributed by atoms with van der Waals surface area (Å²) in [5.41, 5.74) is 0. The molecule has 0 radical (unpaired) electrons. The number of fused-ring (bicyclic) bond motifs is 2. The number of halogens is 1. The number of thiophene rings is 1. The van der Waals surface area contributed by atoms with Crippen LogP contribution in [0.5, 0.6) is 0 Å². The predicted molar refractivity (Wildman–Crippen MR) is 88.9 cm³/mol. The van der Waals surface area contributed by atoms with Crippen molar-refractivity contribution in [2.24, 2.45) is 17.8 Å². The monoisotopic (exact) mass is 392 g/mol. The van der Waals surface area contributed by atoms with E-state index in [1.54, 1.807) is 6.07 Å². The minimum absolute atomic E-state index is 0.376. The van der Waals surface area contributed by atoms with Crippen molar-refractivity contribution < 1.29 is 8.42 Å². The van der Waals surface area contributed by atoms with Gasteiger partial charge in [-0.25, -0.2) is 13.1 Å². The summed E-state index contributed by atoms with van der Waals surface area (Å²) in [6.07, 6.45) is 5.13. The lowest BCUT2D eigenvalue weighted by Crippen LogP contribution is -2.31. The third-order valence-electron chi connectivity index (χ3n) is 4.77. The minimum Gasteiger partial charge on any atom is -0.315 e. The maximum absolute atomic E-state index is 12.5. The first-order valence-corrected chi connectivity index (χ1v) is 10.5. The molecule has 7 heteroatoms. The molecule has 0 amide bonds. The van der Waals surface area contributed by atoms with Crippen molar-refractivity contribution in [2.75, 3.05) is 13.6 Å². The summed E-state index contributed by atoms with van der Waals surface area (Å²) >= 11 is 4.85. The van der Waals surface area contributed by atoms with Crippen molar-refractivity contribution in [3.05, 3.63) is 14.7 Å². The highest BCUT2D eigenvalue weighted by atomic mass is 79.9. The molecule has 0 spiro atoms. The molecule has 118 valence electrons. The third-order valence-corrected chi connectivity index (χ3v) is 8.44. The van der Waals surface area contributed by atoms with Crippen LogP contribution in [0.15, 0.2) is 14.7 Å². The largest absolute Gasteiger partial charge is 0.315 e. The van der Waals surface area contributed by atoms with Gasteiger partial charge in [0.15, 0.2) is 0 Å². The van der Waals surface area contributed by atoms with Gasteiger partial charge in [-0.05, 0) is 66.1 Å². The molecule has 3 rings (SSSR count). The highest BCUT2D eigenvalue weighted by Crippen LogP contribution is 2.48. The van der Waals surface area contributed by atoms with Crippen molar-refractivity contribution in [3.8, 4) is 0 Å². The maximum Gasteiger partial charge on any atom is 0.242 e. The van der Waals surface area contributed by atoms with Crippen LogP contribution in [0.1, 0.15) is 30.6 Å². The van der Waals surface area contributed by atoms with Gasteiger partial charge < -0.3 is 5.32 Å². The van der Waals surface area contributed by atoms with Gasteiger partial charge in [0.05, 0.1) is 3.79 Å². The van der Waals surface area contributed by atoms with Crippen molar-refractivity contribution >= 4 is 37.3 Å². The van der Waals surface area contributed by atoms with Crippen LogP contribution in [0.3, 0.4) is 0 Å².